The highest BCUT2D eigenvalue weighted by molar-refractivity contribution is 6.03. The third kappa shape index (κ3) is 3.70. The molecule has 0 unspecified atom stereocenters. The zero-order chi connectivity index (χ0) is 18.2. The summed E-state index contributed by atoms with van der Waals surface area (Å²) in [5.41, 5.74) is 4.59. The fourth-order valence-corrected chi connectivity index (χ4v) is 3.19. The minimum Gasteiger partial charge on any atom is -0.372 e. The van der Waals surface area contributed by atoms with Crippen LogP contribution in [0.4, 0.5) is 11.4 Å². The van der Waals surface area contributed by atoms with Crippen LogP contribution >= 0.6 is 0 Å². The average molecular weight is 340 g/mol. The molecule has 0 bridgehead atoms. The van der Waals surface area contributed by atoms with E-state index < -0.39 is 0 Å². The third-order valence-electron chi connectivity index (χ3n) is 4.81. The zero-order valence-corrected chi connectivity index (χ0v) is 15.9. The van der Waals surface area contributed by atoms with Gasteiger partial charge in [0.05, 0.1) is 5.69 Å². The van der Waals surface area contributed by atoms with Gasteiger partial charge in [-0.2, -0.15) is 5.10 Å². The Labute approximate surface area is 150 Å². The van der Waals surface area contributed by atoms with E-state index >= 15 is 0 Å². The summed E-state index contributed by atoms with van der Waals surface area (Å²) in [6.45, 7) is 10.6. The van der Waals surface area contributed by atoms with Gasteiger partial charge in [0, 0.05) is 36.9 Å². The first-order chi connectivity index (χ1) is 11.8. The fourth-order valence-electron chi connectivity index (χ4n) is 3.19. The molecule has 1 aromatic heterocycles. The molecule has 1 aliphatic heterocycles. The largest absolute Gasteiger partial charge is 0.372 e. The van der Waals surface area contributed by atoms with Crippen molar-refractivity contribution in [1.82, 2.24) is 9.78 Å². The van der Waals surface area contributed by atoms with Crippen LogP contribution in [0.15, 0.2) is 24.3 Å². The minimum atomic E-state index is -0.123. The predicted octanol–water partition coefficient (Wildman–Crippen LogP) is 3.88. The van der Waals surface area contributed by atoms with Gasteiger partial charge in [-0.25, -0.2) is 0 Å². The normalized spacial score (nSPS) is 14.8. The Hall–Kier alpha value is -2.30. The summed E-state index contributed by atoms with van der Waals surface area (Å²) >= 11 is 0. The number of nitrogens with one attached hydrogen (secondary N) is 1. The second-order valence-electron chi connectivity index (χ2n) is 7.94. The van der Waals surface area contributed by atoms with Crippen molar-refractivity contribution >= 4 is 17.3 Å². The number of amides is 1. The maximum Gasteiger partial charge on any atom is 0.273 e. The van der Waals surface area contributed by atoms with Gasteiger partial charge in [-0.15, -0.1) is 0 Å². The van der Waals surface area contributed by atoms with Crippen LogP contribution < -0.4 is 10.2 Å². The number of aromatic nitrogens is 2. The second-order valence-corrected chi connectivity index (χ2v) is 7.94. The van der Waals surface area contributed by atoms with E-state index in [0.717, 1.165) is 30.0 Å². The standard InChI is InChI=1S/C20H28N4O/c1-14-12-15(24-10-6-7-11-24)8-9-16(14)21-19(25)17-13-18(20(2,3)4)22-23(17)5/h8-9,12-13H,6-7,10-11H2,1-5H3,(H,21,25). The van der Waals surface area contributed by atoms with Crippen LogP contribution in [0.2, 0.25) is 0 Å². The molecule has 1 aromatic carbocycles. The molecule has 0 atom stereocenters. The number of hydrogen-bond acceptors (Lipinski definition) is 3. The molecule has 1 amide bonds. The molecule has 2 aromatic rings. The predicted molar refractivity (Wildman–Crippen MR) is 102 cm³/mol. The van der Waals surface area contributed by atoms with Crippen LogP contribution in [0.1, 0.15) is 55.4 Å². The summed E-state index contributed by atoms with van der Waals surface area (Å²) in [7, 11) is 1.81. The smallest absolute Gasteiger partial charge is 0.273 e. The molecular formula is C20H28N4O. The Bertz CT molecular complexity index is 779. The van der Waals surface area contributed by atoms with E-state index in [2.05, 4.69) is 48.2 Å². The topological polar surface area (TPSA) is 50.2 Å². The molecule has 1 fully saturated rings. The van der Waals surface area contributed by atoms with E-state index in [4.69, 9.17) is 0 Å². The van der Waals surface area contributed by atoms with Gasteiger partial charge in [0.25, 0.3) is 5.91 Å². The van der Waals surface area contributed by atoms with Crippen molar-refractivity contribution in [3.05, 3.63) is 41.2 Å². The van der Waals surface area contributed by atoms with Crippen LogP contribution in [-0.4, -0.2) is 28.8 Å². The van der Waals surface area contributed by atoms with Gasteiger partial charge in [0.2, 0.25) is 0 Å². The van der Waals surface area contributed by atoms with Crippen LogP contribution in [0, 0.1) is 6.92 Å². The summed E-state index contributed by atoms with van der Waals surface area (Å²) in [6.07, 6.45) is 2.52. The maximum absolute atomic E-state index is 12.7. The number of carbonyl (C=O) groups excluding carboxylic acids is 1. The van der Waals surface area contributed by atoms with Gasteiger partial charge in [-0.1, -0.05) is 20.8 Å². The maximum atomic E-state index is 12.7. The molecule has 5 heteroatoms. The van der Waals surface area contributed by atoms with Crippen molar-refractivity contribution < 1.29 is 4.79 Å². The number of anilines is 2. The van der Waals surface area contributed by atoms with Gasteiger partial charge in [-0.05, 0) is 49.6 Å². The Kier molecular flexibility index (Phi) is 4.58. The van der Waals surface area contributed by atoms with Gasteiger partial charge in [0.1, 0.15) is 5.69 Å². The number of aryl methyl sites for hydroxylation is 2. The van der Waals surface area contributed by atoms with Gasteiger partial charge in [0.15, 0.2) is 0 Å². The first kappa shape index (κ1) is 17.5. The number of rotatable bonds is 3. The lowest BCUT2D eigenvalue weighted by Crippen LogP contribution is -2.19. The molecule has 0 radical (unpaired) electrons. The molecule has 0 saturated carbocycles. The summed E-state index contributed by atoms with van der Waals surface area (Å²) < 4.78 is 1.66. The third-order valence-corrected chi connectivity index (χ3v) is 4.81. The van der Waals surface area contributed by atoms with E-state index in [1.54, 1.807) is 4.68 Å². The monoisotopic (exact) mass is 340 g/mol. The fraction of sp³-hybridized carbons (Fsp3) is 0.500. The summed E-state index contributed by atoms with van der Waals surface area (Å²) in [5, 5.41) is 7.51. The lowest BCUT2D eigenvalue weighted by Gasteiger charge is -2.19. The van der Waals surface area contributed by atoms with Crippen LogP contribution in [0.25, 0.3) is 0 Å². The Morgan fingerprint density at radius 2 is 1.84 bits per heavy atom. The Morgan fingerprint density at radius 1 is 1.16 bits per heavy atom. The Morgan fingerprint density at radius 3 is 2.40 bits per heavy atom. The zero-order valence-electron chi connectivity index (χ0n) is 15.9. The second kappa shape index (κ2) is 6.54. The first-order valence-corrected chi connectivity index (χ1v) is 8.97. The van der Waals surface area contributed by atoms with Crippen molar-refractivity contribution in [3.63, 3.8) is 0 Å². The summed E-state index contributed by atoms with van der Waals surface area (Å²) in [6, 6.07) is 8.13. The van der Waals surface area contributed by atoms with E-state index in [0.29, 0.717) is 5.69 Å². The van der Waals surface area contributed by atoms with E-state index in [1.807, 2.05) is 26.1 Å². The van der Waals surface area contributed by atoms with Gasteiger partial charge >= 0.3 is 0 Å². The molecule has 25 heavy (non-hydrogen) atoms. The van der Waals surface area contributed by atoms with Crippen LogP contribution in [-0.2, 0) is 12.5 Å². The molecular weight excluding hydrogens is 312 g/mol. The molecule has 0 spiro atoms. The number of nitrogens with zero attached hydrogens (tertiary/aromatic N) is 3. The van der Waals surface area contributed by atoms with Crippen molar-refractivity contribution in [3.8, 4) is 0 Å². The first-order valence-electron chi connectivity index (χ1n) is 8.97. The van der Waals surface area contributed by atoms with Crippen molar-refractivity contribution in [2.45, 2.75) is 46.0 Å². The van der Waals surface area contributed by atoms with E-state index in [1.165, 1.54) is 18.5 Å². The lowest BCUT2D eigenvalue weighted by atomic mass is 9.92. The molecule has 2 heterocycles. The lowest BCUT2D eigenvalue weighted by molar-refractivity contribution is 0.101. The average Bonchev–Trinajstić information content (AvgIpc) is 3.18. The number of hydrogen-bond donors (Lipinski definition) is 1. The van der Waals surface area contributed by atoms with Crippen LogP contribution in [0.5, 0.6) is 0 Å². The molecule has 1 N–H and O–H groups in total. The summed E-state index contributed by atoms with van der Waals surface area (Å²) in [5.74, 6) is -0.123. The number of benzene rings is 1. The molecule has 3 rings (SSSR count). The minimum absolute atomic E-state index is 0.0798. The van der Waals surface area contributed by atoms with Crippen molar-refractivity contribution in [1.29, 1.82) is 0 Å². The SMILES string of the molecule is Cc1cc(N2CCCC2)ccc1NC(=O)c1cc(C(C)(C)C)nn1C. The quantitative estimate of drug-likeness (QED) is 0.922. The highest BCUT2D eigenvalue weighted by atomic mass is 16.2. The highest BCUT2D eigenvalue weighted by Gasteiger charge is 2.22. The molecule has 134 valence electrons. The van der Waals surface area contributed by atoms with E-state index in [9.17, 15) is 4.79 Å². The van der Waals surface area contributed by atoms with E-state index in [-0.39, 0.29) is 11.3 Å². The molecule has 1 saturated heterocycles. The number of carbonyl (C=O) groups is 1. The van der Waals surface area contributed by atoms with Crippen molar-refractivity contribution in [2.75, 3.05) is 23.3 Å². The van der Waals surface area contributed by atoms with Gasteiger partial charge < -0.3 is 10.2 Å². The highest BCUT2D eigenvalue weighted by Crippen LogP contribution is 2.26. The van der Waals surface area contributed by atoms with Crippen molar-refractivity contribution in [2.24, 2.45) is 7.05 Å². The van der Waals surface area contributed by atoms with Gasteiger partial charge in [-0.3, -0.25) is 9.48 Å². The molecule has 5 nitrogen and oxygen atoms in total. The summed E-state index contributed by atoms with van der Waals surface area (Å²) in [4.78, 5) is 15.1. The molecule has 1 aliphatic rings. The Balaban J connectivity index is 1.78. The van der Waals surface area contributed by atoms with Crippen LogP contribution in [0.3, 0.4) is 0 Å². The molecule has 0 aliphatic carbocycles.